The number of carbonyl (C=O) groups excluding carboxylic acids is 2. The number of rotatable bonds is 5. The molecule has 2 atom stereocenters. The van der Waals surface area contributed by atoms with Crippen molar-refractivity contribution in [3.05, 3.63) is 18.4 Å². The minimum Gasteiger partial charge on any atom is -0.466 e. The molecule has 1 amide bonds. The van der Waals surface area contributed by atoms with Gasteiger partial charge in [0, 0.05) is 6.08 Å². The summed E-state index contributed by atoms with van der Waals surface area (Å²) in [5.41, 5.74) is 1.72. The Morgan fingerprint density at radius 2 is 2.39 bits per heavy atom. The van der Waals surface area contributed by atoms with Crippen LogP contribution >= 0.6 is 0 Å². The fraction of sp³-hybridized carbons (Fsp3) is 0.615. The van der Waals surface area contributed by atoms with Gasteiger partial charge in [0.25, 0.3) is 5.91 Å². The van der Waals surface area contributed by atoms with Crippen molar-refractivity contribution in [1.29, 1.82) is 0 Å². The second-order valence-corrected chi connectivity index (χ2v) is 4.43. The average Bonchev–Trinajstić information content (AvgIpc) is 2.60. The zero-order chi connectivity index (χ0) is 13.6. The highest BCUT2D eigenvalue weighted by atomic mass is 16.5. The molecule has 0 bridgehead atoms. The number of esters is 1. The van der Waals surface area contributed by atoms with Gasteiger partial charge in [0.15, 0.2) is 0 Å². The van der Waals surface area contributed by atoms with Crippen LogP contribution in [0.2, 0.25) is 0 Å². The molecular weight excluding hydrogens is 234 g/mol. The molecule has 1 aliphatic rings. The molecule has 0 aromatic heterocycles. The first kappa shape index (κ1) is 14.5. The van der Waals surface area contributed by atoms with Crippen molar-refractivity contribution < 1.29 is 19.1 Å². The lowest BCUT2D eigenvalue weighted by molar-refractivity contribution is -0.145. The van der Waals surface area contributed by atoms with Crippen molar-refractivity contribution in [3.63, 3.8) is 0 Å². The van der Waals surface area contributed by atoms with E-state index in [1.165, 1.54) is 6.08 Å². The summed E-state index contributed by atoms with van der Waals surface area (Å²) in [5, 5.41) is 2.79. The second kappa shape index (κ2) is 6.38. The van der Waals surface area contributed by atoms with Gasteiger partial charge in [0.05, 0.1) is 31.3 Å². The lowest BCUT2D eigenvalue weighted by atomic mass is 9.92. The molecule has 0 radical (unpaired) electrons. The largest absolute Gasteiger partial charge is 0.466 e. The van der Waals surface area contributed by atoms with Gasteiger partial charge in [0.1, 0.15) is 0 Å². The number of carbonyl (C=O) groups is 2. The molecule has 100 valence electrons. The van der Waals surface area contributed by atoms with E-state index in [-0.39, 0.29) is 24.4 Å². The van der Waals surface area contributed by atoms with Crippen LogP contribution in [0.15, 0.2) is 18.4 Å². The second-order valence-electron chi connectivity index (χ2n) is 4.43. The summed E-state index contributed by atoms with van der Waals surface area (Å²) in [7, 11) is 0. The Kier molecular flexibility index (Phi) is 5.13. The fourth-order valence-electron chi connectivity index (χ4n) is 2.10. The molecule has 1 rings (SSSR count). The van der Waals surface area contributed by atoms with Gasteiger partial charge in [-0.25, -0.2) is 0 Å². The van der Waals surface area contributed by atoms with Gasteiger partial charge in [-0.1, -0.05) is 6.58 Å². The zero-order valence-corrected chi connectivity index (χ0v) is 10.8. The molecule has 18 heavy (non-hydrogen) atoms. The first-order chi connectivity index (χ1) is 8.51. The minimum atomic E-state index is -0.684. The standard InChI is InChI=1S/C13H19NO4/c1-4-6-11(15)14-13(7-10(3)18-9-13)8-12(16)17-5-2/h6,10H,1,5,7-9H2,2-3H3,(H,14,15). The van der Waals surface area contributed by atoms with Crippen LogP contribution in [-0.2, 0) is 19.1 Å². The third kappa shape index (κ3) is 4.02. The van der Waals surface area contributed by atoms with Gasteiger partial charge in [-0.05, 0) is 20.3 Å². The molecule has 1 heterocycles. The molecule has 5 heteroatoms. The summed E-state index contributed by atoms with van der Waals surface area (Å²) in [4.78, 5) is 23.2. The normalized spacial score (nSPS) is 26.2. The summed E-state index contributed by atoms with van der Waals surface area (Å²) in [6.45, 7) is 7.63. The van der Waals surface area contributed by atoms with Crippen LogP contribution in [0, 0.1) is 0 Å². The zero-order valence-electron chi connectivity index (χ0n) is 10.8. The molecule has 0 saturated carbocycles. The monoisotopic (exact) mass is 253 g/mol. The molecular formula is C13H19NO4. The predicted molar refractivity (Wildman–Crippen MR) is 65.9 cm³/mol. The third-order valence-corrected chi connectivity index (χ3v) is 2.73. The number of nitrogens with one attached hydrogen (secondary N) is 1. The van der Waals surface area contributed by atoms with Crippen LogP contribution < -0.4 is 5.32 Å². The summed E-state index contributed by atoms with van der Waals surface area (Å²) < 4.78 is 10.4. The first-order valence-corrected chi connectivity index (χ1v) is 5.96. The van der Waals surface area contributed by atoms with Gasteiger partial charge in [-0.3, -0.25) is 9.59 Å². The molecule has 0 aliphatic carbocycles. The molecule has 2 unspecified atom stereocenters. The van der Waals surface area contributed by atoms with E-state index in [9.17, 15) is 9.59 Å². The van der Waals surface area contributed by atoms with E-state index in [0.717, 1.165) is 0 Å². The van der Waals surface area contributed by atoms with Gasteiger partial charge in [-0.2, -0.15) is 0 Å². The topological polar surface area (TPSA) is 64.6 Å². The van der Waals surface area contributed by atoms with Crippen molar-refractivity contribution in [2.24, 2.45) is 0 Å². The van der Waals surface area contributed by atoms with Crippen molar-refractivity contribution in [3.8, 4) is 0 Å². The van der Waals surface area contributed by atoms with E-state index in [4.69, 9.17) is 9.47 Å². The van der Waals surface area contributed by atoms with Crippen molar-refractivity contribution in [1.82, 2.24) is 5.32 Å². The lowest BCUT2D eigenvalue weighted by Gasteiger charge is -2.27. The van der Waals surface area contributed by atoms with Crippen LogP contribution in [0.3, 0.4) is 0 Å². The predicted octanol–water partition coefficient (Wildman–Crippen LogP) is 0.944. The van der Waals surface area contributed by atoms with Crippen LogP contribution in [0.4, 0.5) is 0 Å². The SMILES string of the molecule is C=C=CC(=O)NC1(CC(=O)OCC)COC(C)C1. The van der Waals surface area contributed by atoms with Gasteiger partial charge < -0.3 is 14.8 Å². The molecule has 0 spiro atoms. The quantitative estimate of drug-likeness (QED) is 0.450. The van der Waals surface area contributed by atoms with Gasteiger partial charge >= 0.3 is 5.97 Å². The van der Waals surface area contributed by atoms with Crippen molar-refractivity contribution in [2.45, 2.75) is 38.3 Å². The molecule has 5 nitrogen and oxygen atoms in total. The van der Waals surface area contributed by atoms with Crippen LogP contribution in [0.25, 0.3) is 0 Å². The molecule has 0 aromatic carbocycles. The number of amides is 1. The van der Waals surface area contributed by atoms with E-state index in [1.807, 2.05) is 6.92 Å². The maximum absolute atomic E-state index is 11.6. The number of hydrogen-bond acceptors (Lipinski definition) is 4. The van der Waals surface area contributed by atoms with Crippen molar-refractivity contribution >= 4 is 11.9 Å². The first-order valence-electron chi connectivity index (χ1n) is 5.96. The fourth-order valence-corrected chi connectivity index (χ4v) is 2.10. The van der Waals surface area contributed by atoms with E-state index in [1.54, 1.807) is 6.92 Å². The van der Waals surface area contributed by atoms with Crippen molar-refractivity contribution in [2.75, 3.05) is 13.2 Å². The Morgan fingerprint density at radius 1 is 1.67 bits per heavy atom. The van der Waals surface area contributed by atoms with Gasteiger partial charge in [-0.15, -0.1) is 5.73 Å². The van der Waals surface area contributed by atoms with Crippen LogP contribution in [-0.4, -0.2) is 36.7 Å². The molecule has 1 saturated heterocycles. The van der Waals surface area contributed by atoms with E-state index in [0.29, 0.717) is 19.6 Å². The highest BCUT2D eigenvalue weighted by Gasteiger charge is 2.41. The summed E-state index contributed by atoms with van der Waals surface area (Å²) in [6, 6.07) is 0. The van der Waals surface area contributed by atoms with E-state index >= 15 is 0 Å². The minimum absolute atomic E-state index is 0.00689. The van der Waals surface area contributed by atoms with Crippen LogP contribution in [0.1, 0.15) is 26.7 Å². The molecule has 1 N–H and O–H groups in total. The highest BCUT2D eigenvalue weighted by molar-refractivity contribution is 5.88. The summed E-state index contributed by atoms with van der Waals surface area (Å²) in [6.07, 6.45) is 1.91. The molecule has 0 aromatic rings. The van der Waals surface area contributed by atoms with Crippen LogP contribution in [0.5, 0.6) is 0 Å². The Labute approximate surface area is 107 Å². The lowest BCUT2D eigenvalue weighted by Crippen LogP contribution is -2.50. The maximum Gasteiger partial charge on any atom is 0.308 e. The van der Waals surface area contributed by atoms with Gasteiger partial charge in [0.2, 0.25) is 0 Å². The Hall–Kier alpha value is -1.58. The maximum atomic E-state index is 11.6. The molecule has 1 fully saturated rings. The summed E-state index contributed by atoms with van der Waals surface area (Å²) >= 11 is 0. The highest BCUT2D eigenvalue weighted by Crippen LogP contribution is 2.27. The third-order valence-electron chi connectivity index (χ3n) is 2.73. The average molecular weight is 253 g/mol. The Bertz CT molecular complexity index is 373. The smallest absolute Gasteiger partial charge is 0.308 e. The number of hydrogen-bond donors (Lipinski definition) is 1. The Balaban J connectivity index is 2.73. The van der Waals surface area contributed by atoms with E-state index < -0.39 is 5.54 Å². The Morgan fingerprint density at radius 3 is 2.89 bits per heavy atom. The summed E-state index contributed by atoms with van der Waals surface area (Å²) in [5.74, 6) is -0.662. The van der Waals surface area contributed by atoms with E-state index in [2.05, 4.69) is 17.6 Å². The molecule has 1 aliphatic heterocycles. The number of ether oxygens (including phenoxy) is 2.